The summed E-state index contributed by atoms with van der Waals surface area (Å²) < 4.78 is 21.9. The summed E-state index contributed by atoms with van der Waals surface area (Å²) in [6.45, 7) is 3.92. The maximum absolute atomic E-state index is 13.3. The van der Waals surface area contributed by atoms with Crippen LogP contribution in [-0.4, -0.2) is 30.9 Å². The van der Waals surface area contributed by atoms with Gasteiger partial charge >= 0.3 is 11.9 Å². The topological polar surface area (TPSA) is 88.1 Å². The Kier molecular flexibility index (Phi) is 8.40. The molecule has 0 aromatic heterocycles. The van der Waals surface area contributed by atoms with E-state index in [1.165, 1.54) is 19.2 Å². The number of hydrogen-bond donors (Lipinski definition) is 0. The van der Waals surface area contributed by atoms with Gasteiger partial charge in [0.1, 0.15) is 35.8 Å². The molecule has 176 valence electrons. The molecule has 0 spiro atoms. The molecule has 0 aliphatic heterocycles. The lowest BCUT2D eigenvalue weighted by Crippen LogP contribution is -2.17. The maximum atomic E-state index is 13.3. The SMILES string of the molecule is COC(=O)CC(=O)c1ccccc1OC(=O)c1c(OCc2ccccc2)cccc1OC(C)C. The predicted molar refractivity (Wildman–Crippen MR) is 125 cm³/mol. The van der Waals surface area contributed by atoms with E-state index >= 15 is 0 Å². The Morgan fingerprint density at radius 3 is 2.15 bits per heavy atom. The lowest BCUT2D eigenvalue weighted by molar-refractivity contribution is -0.139. The van der Waals surface area contributed by atoms with Gasteiger partial charge in [-0.05, 0) is 43.7 Å². The molecule has 0 atom stereocenters. The summed E-state index contributed by atoms with van der Waals surface area (Å²) in [7, 11) is 1.20. The highest BCUT2D eigenvalue weighted by Crippen LogP contribution is 2.32. The van der Waals surface area contributed by atoms with E-state index in [0.717, 1.165) is 5.56 Å². The largest absolute Gasteiger partial charge is 0.490 e. The van der Waals surface area contributed by atoms with Gasteiger partial charge in [0.05, 0.1) is 18.8 Å². The number of carbonyl (C=O) groups excluding carboxylic acids is 3. The van der Waals surface area contributed by atoms with E-state index < -0.39 is 24.1 Å². The molecule has 0 heterocycles. The molecule has 0 N–H and O–H groups in total. The zero-order valence-corrected chi connectivity index (χ0v) is 19.3. The second-order valence-electron chi connectivity index (χ2n) is 7.63. The van der Waals surface area contributed by atoms with E-state index in [1.54, 1.807) is 30.3 Å². The number of Topliss-reactive ketones (excluding diaryl/α,β-unsaturated/α-hetero) is 1. The molecular weight excluding hydrogens is 436 g/mol. The molecular formula is C27H26O7. The van der Waals surface area contributed by atoms with Crippen molar-refractivity contribution >= 4 is 17.7 Å². The number of esters is 2. The van der Waals surface area contributed by atoms with E-state index in [0.29, 0.717) is 5.75 Å². The fourth-order valence-electron chi connectivity index (χ4n) is 3.16. The van der Waals surface area contributed by atoms with Gasteiger partial charge in [-0.1, -0.05) is 48.5 Å². The first kappa shape index (κ1) is 24.5. The Labute approximate surface area is 198 Å². The van der Waals surface area contributed by atoms with Crippen molar-refractivity contribution in [1.29, 1.82) is 0 Å². The minimum Gasteiger partial charge on any atom is -0.490 e. The van der Waals surface area contributed by atoms with E-state index in [4.69, 9.17) is 14.2 Å². The van der Waals surface area contributed by atoms with Crippen LogP contribution in [0.2, 0.25) is 0 Å². The lowest BCUT2D eigenvalue weighted by atomic mass is 10.1. The number of rotatable bonds is 10. The Morgan fingerprint density at radius 1 is 0.794 bits per heavy atom. The van der Waals surface area contributed by atoms with Gasteiger partial charge in [0.25, 0.3) is 0 Å². The van der Waals surface area contributed by atoms with Crippen LogP contribution in [0.4, 0.5) is 0 Å². The summed E-state index contributed by atoms with van der Waals surface area (Å²) in [6, 6.07) is 20.8. The standard InChI is InChI=1S/C27H26O7/c1-18(2)33-24-15-9-14-23(32-17-19-10-5-4-6-11-19)26(24)27(30)34-22-13-8-7-12-20(22)21(28)16-25(29)31-3/h4-15,18H,16-17H2,1-3H3. The zero-order valence-electron chi connectivity index (χ0n) is 19.3. The monoisotopic (exact) mass is 462 g/mol. The van der Waals surface area contributed by atoms with Gasteiger partial charge in [-0.2, -0.15) is 0 Å². The Hall–Kier alpha value is -4.13. The van der Waals surface area contributed by atoms with Crippen molar-refractivity contribution in [1.82, 2.24) is 0 Å². The molecule has 0 saturated heterocycles. The molecule has 0 bridgehead atoms. The highest BCUT2D eigenvalue weighted by Gasteiger charge is 2.24. The van der Waals surface area contributed by atoms with Crippen LogP contribution in [0, 0.1) is 0 Å². The zero-order chi connectivity index (χ0) is 24.5. The van der Waals surface area contributed by atoms with Gasteiger partial charge < -0.3 is 18.9 Å². The van der Waals surface area contributed by atoms with Crippen LogP contribution in [0.3, 0.4) is 0 Å². The quantitative estimate of drug-likeness (QED) is 0.181. The third kappa shape index (κ3) is 6.45. The fraction of sp³-hybridized carbons (Fsp3) is 0.222. The van der Waals surface area contributed by atoms with E-state index in [1.807, 2.05) is 44.2 Å². The molecule has 3 aromatic carbocycles. The van der Waals surface area contributed by atoms with Crippen molar-refractivity contribution in [2.24, 2.45) is 0 Å². The molecule has 7 nitrogen and oxygen atoms in total. The molecule has 3 rings (SSSR count). The number of hydrogen-bond acceptors (Lipinski definition) is 7. The summed E-state index contributed by atoms with van der Waals surface area (Å²) in [5.41, 5.74) is 1.12. The maximum Gasteiger partial charge on any atom is 0.351 e. The average molecular weight is 462 g/mol. The highest BCUT2D eigenvalue weighted by atomic mass is 16.5. The van der Waals surface area contributed by atoms with E-state index in [9.17, 15) is 14.4 Å². The van der Waals surface area contributed by atoms with Crippen LogP contribution in [0.1, 0.15) is 46.5 Å². The molecule has 0 saturated carbocycles. The van der Waals surface area contributed by atoms with Gasteiger partial charge in [-0.25, -0.2) is 4.79 Å². The first-order valence-corrected chi connectivity index (χ1v) is 10.8. The Bertz CT molecular complexity index is 1150. The summed E-state index contributed by atoms with van der Waals surface area (Å²) in [5, 5.41) is 0. The van der Waals surface area contributed by atoms with Crippen LogP contribution >= 0.6 is 0 Å². The first-order chi connectivity index (χ1) is 16.4. The molecule has 0 radical (unpaired) electrons. The minimum atomic E-state index is -0.752. The molecule has 7 heteroatoms. The highest BCUT2D eigenvalue weighted by molar-refractivity contribution is 6.08. The van der Waals surface area contributed by atoms with Crippen LogP contribution in [0.5, 0.6) is 17.2 Å². The Balaban J connectivity index is 1.91. The molecule has 0 aliphatic rings. The summed E-state index contributed by atoms with van der Waals surface area (Å²) in [6.07, 6.45) is -0.673. The average Bonchev–Trinajstić information content (AvgIpc) is 2.83. The normalized spacial score (nSPS) is 10.5. The van der Waals surface area contributed by atoms with Crippen molar-refractivity contribution in [2.45, 2.75) is 33.0 Å². The fourth-order valence-corrected chi connectivity index (χ4v) is 3.16. The third-order valence-corrected chi connectivity index (χ3v) is 4.71. The van der Waals surface area contributed by atoms with Crippen LogP contribution in [0.15, 0.2) is 72.8 Å². The molecule has 0 aliphatic carbocycles. The van der Waals surface area contributed by atoms with Crippen LogP contribution < -0.4 is 14.2 Å². The van der Waals surface area contributed by atoms with Gasteiger partial charge in [0, 0.05) is 0 Å². The van der Waals surface area contributed by atoms with Crippen molar-refractivity contribution in [3.8, 4) is 17.2 Å². The summed E-state index contributed by atoms with van der Waals surface area (Å²) >= 11 is 0. The second-order valence-corrected chi connectivity index (χ2v) is 7.63. The number of methoxy groups -OCH3 is 1. The number of ketones is 1. The number of benzene rings is 3. The molecule has 34 heavy (non-hydrogen) atoms. The molecule has 0 unspecified atom stereocenters. The molecule has 0 amide bonds. The number of carbonyl (C=O) groups is 3. The van der Waals surface area contributed by atoms with Gasteiger partial charge in [-0.15, -0.1) is 0 Å². The van der Waals surface area contributed by atoms with Crippen molar-refractivity contribution in [2.75, 3.05) is 7.11 Å². The third-order valence-electron chi connectivity index (χ3n) is 4.71. The minimum absolute atomic E-state index is 0.0229. The number of ether oxygens (including phenoxy) is 4. The van der Waals surface area contributed by atoms with Gasteiger partial charge in [0.2, 0.25) is 0 Å². The molecule has 0 fully saturated rings. The van der Waals surface area contributed by atoms with Gasteiger partial charge in [0.15, 0.2) is 5.78 Å². The van der Waals surface area contributed by atoms with Crippen molar-refractivity contribution < 1.29 is 33.3 Å². The molecule has 3 aromatic rings. The smallest absolute Gasteiger partial charge is 0.351 e. The van der Waals surface area contributed by atoms with Crippen LogP contribution in [0.25, 0.3) is 0 Å². The number of para-hydroxylation sites is 1. The van der Waals surface area contributed by atoms with Gasteiger partial charge in [-0.3, -0.25) is 9.59 Å². The second kappa shape index (κ2) is 11.7. The lowest BCUT2D eigenvalue weighted by Gasteiger charge is -2.18. The van der Waals surface area contributed by atoms with Crippen molar-refractivity contribution in [3.05, 3.63) is 89.5 Å². The Morgan fingerprint density at radius 2 is 1.44 bits per heavy atom. The van der Waals surface area contributed by atoms with E-state index in [-0.39, 0.29) is 35.3 Å². The predicted octanol–water partition coefficient (Wildman–Crippen LogP) is 5.02. The first-order valence-electron chi connectivity index (χ1n) is 10.8. The van der Waals surface area contributed by atoms with Crippen LogP contribution in [-0.2, 0) is 16.1 Å². The van der Waals surface area contributed by atoms with E-state index in [2.05, 4.69) is 4.74 Å². The summed E-state index contributed by atoms with van der Waals surface area (Å²) in [5.74, 6) is -1.36. The summed E-state index contributed by atoms with van der Waals surface area (Å²) in [4.78, 5) is 37.4. The van der Waals surface area contributed by atoms with Crippen molar-refractivity contribution in [3.63, 3.8) is 0 Å².